The second-order valence-corrected chi connectivity index (χ2v) is 6.83. The van der Waals surface area contributed by atoms with Crippen LogP contribution < -0.4 is 10.6 Å². The Bertz CT molecular complexity index is 672. The number of urea groups is 1. The molecule has 3 amide bonds. The third-order valence-electron chi connectivity index (χ3n) is 4.23. The molecule has 25 heavy (non-hydrogen) atoms. The minimum atomic E-state index is -0.872. The topological polar surface area (TPSA) is 98.7 Å². The molecule has 1 heterocycles. The molecule has 0 aliphatic carbocycles. The fraction of sp³-hybridized carbons (Fsp3) is 0.500. The van der Waals surface area contributed by atoms with Gasteiger partial charge in [0.05, 0.1) is 5.92 Å². The van der Waals surface area contributed by atoms with Gasteiger partial charge < -0.3 is 20.6 Å². The third-order valence-corrected chi connectivity index (χ3v) is 4.23. The highest BCUT2D eigenvalue weighted by molar-refractivity contribution is 5.96. The highest BCUT2D eigenvalue weighted by atomic mass is 16.4. The fourth-order valence-electron chi connectivity index (χ4n) is 2.68. The van der Waals surface area contributed by atoms with E-state index in [9.17, 15) is 14.4 Å². The van der Waals surface area contributed by atoms with E-state index in [1.54, 1.807) is 18.2 Å². The van der Waals surface area contributed by atoms with Gasteiger partial charge in [0.1, 0.15) is 0 Å². The molecule has 1 atom stereocenters. The van der Waals surface area contributed by atoms with Crippen LogP contribution in [0, 0.1) is 18.8 Å². The lowest BCUT2D eigenvalue weighted by molar-refractivity contribution is -0.141. The highest BCUT2D eigenvalue weighted by Crippen LogP contribution is 2.20. The maximum absolute atomic E-state index is 12.3. The minimum Gasteiger partial charge on any atom is -0.481 e. The van der Waals surface area contributed by atoms with Crippen LogP contribution in [0.5, 0.6) is 0 Å². The maximum atomic E-state index is 12.3. The van der Waals surface area contributed by atoms with Gasteiger partial charge in [0.25, 0.3) is 5.91 Å². The number of carbonyl (C=O) groups is 3. The number of likely N-dealkylation sites (tertiary alicyclic amines) is 1. The highest BCUT2D eigenvalue weighted by Gasteiger charge is 2.30. The average molecular weight is 347 g/mol. The number of carboxylic acid groups (broad SMARTS) is 1. The Hall–Kier alpha value is -2.57. The van der Waals surface area contributed by atoms with Crippen LogP contribution in [0.1, 0.15) is 36.2 Å². The van der Waals surface area contributed by atoms with Gasteiger partial charge in [-0.05, 0) is 43.0 Å². The molecule has 1 unspecified atom stereocenters. The number of anilines is 1. The second kappa shape index (κ2) is 8.00. The van der Waals surface area contributed by atoms with E-state index in [0.29, 0.717) is 36.7 Å². The van der Waals surface area contributed by atoms with Crippen molar-refractivity contribution < 1.29 is 19.5 Å². The number of carboxylic acids is 1. The van der Waals surface area contributed by atoms with Crippen LogP contribution in [0.25, 0.3) is 0 Å². The van der Waals surface area contributed by atoms with Gasteiger partial charge in [0, 0.05) is 30.9 Å². The zero-order valence-corrected chi connectivity index (χ0v) is 14.8. The van der Waals surface area contributed by atoms with E-state index in [4.69, 9.17) is 5.11 Å². The monoisotopic (exact) mass is 347 g/mol. The van der Waals surface area contributed by atoms with Crippen LogP contribution >= 0.6 is 0 Å². The van der Waals surface area contributed by atoms with E-state index in [1.807, 2.05) is 20.8 Å². The first-order valence-corrected chi connectivity index (χ1v) is 8.45. The normalized spacial score (nSPS) is 16.8. The quantitative estimate of drug-likeness (QED) is 0.761. The van der Waals surface area contributed by atoms with Crippen molar-refractivity contribution in [3.63, 3.8) is 0 Å². The molecule has 1 aromatic rings. The van der Waals surface area contributed by atoms with Crippen LogP contribution in [0.15, 0.2) is 18.2 Å². The molecule has 7 heteroatoms. The van der Waals surface area contributed by atoms with Gasteiger partial charge >= 0.3 is 12.0 Å². The van der Waals surface area contributed by atoms with Crippen molar-refractivity contribution in [1.82, 2.24) is 10.2 Å². The van der Waals surface area contributed by atoms with E-state index >= 15 is 0 Å². The first-order chi connectivity index (χ1) is 11.8. The summed E-state index contributed by atoms with van der Waals surface area (Å²) in [5.41, 5.74) is 1.94. The lowest BCUT2D eigenvalue weighted by Gasteiger charge is -2.18. The van der Waals surface area contributed by atoms with Crippen molar-refractivity contribution in [2.45, 2.75) is 27.2 Å². The second-order valence-electron chi connectivity index (χ2n) is 6.83. The van der Waals surface area contributed by atoms with Gasteiger partial charge in [-0.1, -0.05) is 13.8 Å². The Kier molecular flexibility index (Phi) is 6.01. The summed E-state index contributed by atoms with van der Waals surface area (Å²) in [7, 11) is 0. The van der Waals surface area contributed by atoms with Crippen molar-refractivity contribution in [2.75, 3.05) is 25.0 Å². The van der Waals surface area contributed by atoms with Crippen molar-refractivity contribution in [3.05, 3.63) is 29.3 Å². The molecule has 1 aliphatic heterocycles. The van der Waals surface area contributed by atoms with Gasteiger partial charge in [0.2, 0.25) is 0 Å². The number of amides is 3. The van der Waals surface area contributed by atoms with Crippen molar-refractivity contribution >= 4 is 23.6 Å². The summed E-state index contributed by atoms with van der Waals surface area (Å²) in [5, 5.41) is 14.7. The predicted octanol–water partition coefficient (Wildman–Crippen LogP) is 2.32. The molecule has 1 saturated heterocycles. The van der Waals surface area contributed by atoms with E-state index in [2.05, 4.69) is 10.6 Å². The Morgan fingerprint density at radius 3 is 2.60 bits per heavy atom. The number of nitrogens with one attached hydrogen (secondary N) is 2. The molecule has 0 spiro atoms. The summed E-state index contributed by atoms with van der Waals surface area (Å²) >= 11 is 0. The largest absolute Gasteiger partial charge is 0.481 e. The van der Waals surface area contributed by atoms with E-state index in [-0.39, 0.29) is 18.5 Å². The summed E-state index contributed by atoms with van der Waals surface area (Å²) in [4.78, 5) is 36.8. The van der Waals surface area contributed by atoms with Gasteiger partial charge in [-0.3, -0.25) is 9.59 Å². The summed E-state index contributed by atoms with van der Waals surface area (Å²) < 4.78 is 0. The van der Waals surface area contributed by atoms with E-state index in [1.165, 1.54) is 4.90 Å². The zero-order chi connectivity index (χ0) is 18.6. The molecule has 0 aromatic heterocycles. The number of hydrogen-bond donors (Lipinski definition) is 3. The Morgan fingerprint density at radius 1 is 1.32 bits per heavy atom. The number of aliphatic carboxylic acids is 1. The molecule has 3 N–H and O–H groups in total. The maximum Gasteiger partial charge on any atom is 0.321 e. The van der Waals surface area contributed by atoms with Gasteiger partial charge in [-0.25, -0.2) is 4.79 Å². The third kappa shape index (κ3) is 4.95. The first kappa shape index (κ1) is 18.8. The van der Waals surface area contributed by atoms with Gasteiger partial charge in [0.15, 0.2) is 0 Å². The number of hydrogen-bond acceptors (Lipinski definition) is 3. The lowest BCUT2D eigenvalue weighted by atomic mass is 10.1. The number of rotatable bonds is 5. The minimum absolute atomic E-state index is 0.140. The van der Waals surface area contributed by atoms with Crippen molar-refractivity contribution in [1.29, 1.82) is 0 Å². The average Bonchev–Trinajstić information content (AvgIpc) is 3.04. The molecule has 1 fully saturated rings. The van der Waals surface area contributed by atoms with Gasteiger partial charge in [-0.2, -0.15) is 0 Å². The predicted molar refractivity (Wildman–Crippen MR) is 94.7 cm³/mol. The molecule has 1 aliphatic rings. The van der Waals surface area contributed by atoms with Crippen LogP contribution in [0.3, 0.4) is 0 Å². The van der Waals surface area contributed by atoms with E-state index < -0.39 is 11.9 Å². The van der Waals surface area contributed by atoms with Crippen LogP contribution in [0.2, 0.25) is 0 Å². The standard InChI is InChI=1S/C18H25N3O4/c1-11(2)9-19-16(22)13-4-5-15(12(3)8-13)20-18(25)21-7-6-14(10-21)17(23)24/h4-5,8,11,14H,6-7,9-10H2,1-3H3,(H,19,22)(H,20,25)(H,23,24). The summed E-state index contributed by atoms with van der Waals surface area (Å²) in [6.07, 6.45) is 0.469. The smallest absolute Gasteiger partial charge is 0.321 e. The molecule has 0 bridgehead atoms. The molecular weight excluding hydrogens is 322 g/mol. The molecule has 2 rings (SSSR count). The van der Waals surface area contributed by atoms with Crippen LogP contribution in [0.4, 0.5) is 10.5 Å². The van der Waals surface area contributed by atoms with Crippen molar-refractivity contribution in [3.8, 4) is 0 Å². The summed E-state index contributed by atoms with van der Waals surface area (Å²) in [5.74, 6) is -1.14. The lowest BCUT2D eigenvalue weighted by Crippen LogP contribution is -2.34. The number of carbonyl (C=O) groups excluding carboxylic acids is 2. The molecule has 0 saturated carbocycles. The zero-order valence-electron chi connectivity index (χ0n) is 14.8. The fourth-order valence-corrected chi connectivity index (χ4v) is 2.68. The molecule has 0 radical (unpaired) electrons. The number of benzene rings is 1. The van der Waals surface area contributed by atoms with Crippen LogP contribution in [-0.2, 0) is 4.79 Å². The molecule has 7 nitrogen and oxygen atoms in total. The Labute approximate surface area is 147 Å². The van der Waals surface area contributed by atoms with E-state index in [0.717, 1.165) is 5.56 Å². The Balaban J connectivity index is 1.98. The first-order valence-electron chi connectivity index (χ1n) is 8.45. The SMILES string of the molecule is Cc1cc(C(=O)NCC(C)C)ccc1NC(=O)N1CCC(C(=O)O)C1. The summed E-state index contributed by atoms with van der Waals surface area (Å²) in [6.45, 7) is 7.12. The van der Waals surface area contributed by atoms with Crippen LogP contribution in [-0.4, -0.2) is 47.5 Å². The molecule has 136 valence electrons. The molecular formula is C18H25N3O4. The molecule has 1 aromatic carbocycles. The Morgan fingerprint density at radius 2 is 2.04 bits per heavy atom. The number of nitrogens with zero attached hydrogens (tertiary/aromatic N) is 1. The summed E-state index contributed by atoms with van der Waals surface area (Å²) in [6, 6.07) is 4.78. The van der Waals surface area contributed by atoms with Crippen molar-refractivity contribution in [2.24, 2.45) is 11.8 Å². The van der Waals surface area contributed by atoms with Gasteiger partial charge in [-0.15, -0.1) is 0 Å². The number of aryl methyl sites for hydroxylation is 1.